The number of anilines is 1. The summed E-state index contributed by atoms with van der Waals surface area (Å²) in [5, 5.41) is 2.11. The van der Waals surface area contributed by atoms with Crippen LogP contribution in [0, 0.1) is 5.82 Å². The average molecular weight is 459 g/mol. The van der Waals surface area contributed by atoms with Crippen LogP contribution in [0.3, 0.4) is 0 Å². The van der Waals surface area contributed by atoms with E-state index < -0.39 is 45.5 Å². The highest BCUT2D eigenvalue weighted by molar-refractivity contribution is 7.92. The van der Waals surface area contributed by atoms with Gasteiger partial charge in [-0.05, 0) is 54.8 Å². The van der Waals surface area contributed by atoms with Gasteiger partial charge >= 0.3 is 0 Å². The summed E-state index contributed by atoms with van der Waals surface area (Å²) in [6.45, 7) is 1.69. The van der Waals surface area contributed by atoms with Gasteiger partial charge in [-0.1, -0.05) is 6.92 Å². The topological polar surface area (TPSA) is 130 Å². The Hall–Kier alpha value is -3.60. The first-order valence-electron chi connectivity index (χ1n) is 9.79. The lowest BCUT2D eigenvalue weighted by atomic mass is 10.0. The van der Waals surface area contributed by atoms with Gasteiger partial charge in [0.1, 0.15) is 11.9 Å². The molecule has 1 saturated heterocycles. The minimum atomic E-state index is -4.09. The van der Waals surface area contributed by atoms with Gasteiger partial charge in [0.25, 0.3) is 21.8 Å². The summed E-state index contributed by atoms with van der Waals surface area (Å²) in [6.07, 6.45) is 0.313. The van der Waals surface area contributed by atoms with Gasteiger partial charge in [-0.25, -0.2) is 12.8 Å². The van der Waals surface area contributed by atoms with Gasteiger partial charge in [0.15, 0.2) is 0 Å². The van der Waals surface area contributed by atoms with Crippen LogP contribution in [0.1, 0.15) is 46.0 Å². The van der Waals surface area contributed by atoms with E-state index in [9.17, 15) is 32.0 Å². The van der Waals surface area contributed by atoms with Crippen LogP contribution in [0.5, 0.6) is 0 Å². The Kier molecular flexibility index (Phi) is 5.29. The van der Waals surface area contributed by atoms with Crippen molar-refractivity contribution in [2.24, 2.45) is 0 Å². The van der Waals surface area contributed by atoms with Crippen LogP contribution in [0.2, 0.25) is 0 Å². The van der Waals surface area contributed by atoms with Crippen molar-refractivity contribution in [1.82, 2.24) is 10.2 Å². The smallest absolute Gasteiger partial charge is 0.262 e. The minimum Gasteiger partial charge on any atom is -0.295 e. The second kappa shape index (κ2) is 7.83. The summed E-state index contributed by atoms with van der Waals surface area (Å²) in [6, 6.07) is 6.13. The van der Waals surface area contributed by atoms with E-state index in [1.54, 1.807) is 6.92 Å². The Balaban J connectivity index is 1.61. The predicted octanol–water partition coefficient (Wildman–Crippen LogP) is 1.59. The molecule has 32 heavy (non-hydrogen) atoms. The number of fused-ring (bicyclic) bond motifs is 1. The standard InChI is InChI=1S/C21H18FN3O6S/c1-2-11-9-13(4-6-16(11)22)32(30,31)24-12-3-5-14-15(10-12)21(29)25(20(14)28)17-7-8-18(26)23-19(17)27/h3-6,9-10,17,24H,2,7-8H2,1H3,(H,23,26,27). The van der Waals surface area contributed by atoms with Crippen molar-refractivity contribution in [2.45, 2.75) is 37.1 Å². The molecule has 2 N–H and O–H groups in total. The number of rotatable bonds is 5. The second-order valence-corrected chi connectivity index (χ2v) is 9.10. The Morgan fingerprint density at radius 1 is 1.06 bits per heavy atom. The molecule has 11 heteroatoms. The molecule has 1 atom stereocenters. The van der Waals surface area contributed by atoms with E-state index in [1.807, 2.05) is 0 Å². The number of nitrogens with zero attached hydrogens (tertiary/aromatic N) is 1. The summed E-state index contributed by atoms with van der Waals surface area (Å²) in [5.74, 6) is -3.18. The molecule has 0 radical (unpaired) electrons. The molecule has 9 nitrogen and oxygen atoms in total. The lowest BCUT2D eigenvalue weighted by molar-refractivity contribution is -0.136. The number of imide groups is 2. The molecule has 4 rings (SSSR count). The fraction of sp³-hybridized carbons (Fsp3) is 0.238. The van der Waals surface area contributed by atoms with Crippen LogP contribution in [0.4, 0.5) is 10.1 Å². The van der Waals surface area contributed by atoms with Crippen LogP contribution < -0.4 is 10.0 Å². The van der Waals surface area contributed by atoms with Crippen LogP contribution in [0.15, 0.2) is 41.3 Å². The zero-order chi connectivity index (χ0) is 23.2. The molecule has 0 aliphatic carbocycles. The maximum atomic E-state index is 13.7. The van der Waals surface area contributed by atoms with Crippen LogP contribution >= 0.6 is 0 Å². The van der Waals surface area contributed by atoms with Gasteiger partial charge in [0, 0.05) is 12.1 Å². The summed E-state index contributed by atoms with van der Waals surface area (Å²) in [4.78, 5) is 49.7. The Bertz CT molecular complexity index is 1290. The predicted molar refractivity (Wildman–Crippen MR) is 110 cm³/mol. The lowest BCUT2D eigenvalue weighted by Gasteiger charge is -2.27. The number of benzene rings is 2. The SMILES string of the molecule is CCc1cc(S(=O)(=O)Nc2ccc3c(c2)C(=O)N(C2CCC(=O)NC2=O)C3=O)ccc1F. The van der Waals surface area contributed by atoms with Crippen molar-refractivity contribution < 1.29 is 32.0 Å². The zero-order valence-electron chi connectivity index (χ0n) is 16.8. The van der Waals surface area contributed by atoms with Gasteiger partial charge in [0.05, 0.1) is 16.0 Å². The minimum absolute atomic E-state index is 0.00766. The third-order valence-electron chi connectivity index (χ3n) is 5.40. The largest absolute Gasteiger partial charge is 0.295 e. The molecule has 166 valence electrons. The van der Waals surface area contributed by atoms with Gasteiger partial charge in [-0.2, -0.15) is 0 Å². The molecule has 4 amide bonds. The van der Waals surface area contributed by atoms with Crippen molar-refractivity contribution in [1.29, 1.82) is 0 Å². The molecule has 0 saturated carbocycles. The summed E-state index contributed by atoms with van der Waals surface area (Å²) >= 11 is 0. The Morgan fingerprint density at radius 2 is 1.78 bits per heavy atom. The molecule has 1 unspecified atom stereocenters. The fourth-order valence-corrected chi connectivity index (χ4v) is 4.84. The monoisotopic (exact) mass is 459 g/mol. The molecule has 0 bridgehead atoms. The lowest BCUT2D eigenvalue weighted by Crippen LogP contribution is -2.54. The number of piperidine rings is 1. The number of sulfonamides is 1. The van der Waals surface area contributed by atoms with Crippen molar-refractivity contribution in [3.8, 4) is 0 Å². The molecule has 0 aromatic heterocycles. The second-order valence-electron chi connectivity index (χ2n) is 7.42. The molecule has 2 heterocycles. The molecule has 2 aromatic carbocycles. The first-order chi connectivity index (χ1) is 15.1. The Morgan fingerprint density at radius 3 is 2.47 bits per heavy atom. The first kappa shape index (κ1) is 21.6. The van der Waals surface area contributed by atoms with Gasteiger partial charge < -0.3 is 0 Å². The molecule has 0 spiro atoms. The zero-order valence-corrected chi connectivity index (χ0v) is 17.7. The highest BCUT2D eigenvalue weighted by Crippen LogP contribution is 2.30. The normalized spacial score (nSPS) is 18.6. The summed E-state index contributed by atoms with van der Waals surface area (Å²) < 4.78 is 41.5. The van der Waals surface area contributed by atoms with Crippen molar-refractivity contribution in [3.05, 3.63) is 58.9 Å². The maximum Gasteiger partial charge on any atom is 0.262 e. The number of amides is 4. The number of hydrogen-bond donors (Lipinski definition) is 2. The van der Waals surface area contributed by atoms with E-state index in [-0.39, 0.29) is 40.1 Å². The third-order valence-corrected chi connectivity index (χ3v) is 6.78. The fourth-order valence-electron chi connectivity index (χ4n) is 3.74. The highest BCUT2D eigenvalue weighted by Gasteiger charge is 2.44. The molecular formula is C21H18FN3O6S. The number of halogens is 1. The van der Waals surface area contributed by atoms with E-state index in [4.69, 9.17) is 0 Å². The molecule has 2 aliphatic heterocycles. The maximum absolute atomic E-state index is 13.7. The molecule has 1 fully saturated rings. The summed E-state index contributed by atoms with van der Waals surface area (Å²) in [5.41, 5.74) is 0.228. The van der Waals surface area contributed by atoms with E-state index in [0.29, 0.717) is 6.42 Å². The molecule has 2 aromatic rings. The molecular weight excluding hydrogens is 441 g/mol. The van der Waals surface area contributed by atoms with Crippen molar-refractivity contribution in [2.75, 3.05) is 4.72 Å². The quantitative estimate of drug-likeness (QED) is 0.653. The van der Waals surface area contributed by atoms with Gasteiger partial charge in [-0.15, -0.1) is 0 Å². The number of aryl methyl sites for hydroxylation is 1. The van der Waals surface area contributed by atoms with Crippen molar-refractivity contribution in [3.63, 3.8) is 0 Å². The highest BCUT2D eigenvalue weighted by atomic mass is 32.2. The number of carbonyl (C=O) groups is 4. The molecule has 2 aliphatic rings. The summed E-state index contributed by atoms with van der Waals surface area (Å²) in [7, 11) is -4.09. The van der Waals surface area contributed by atoms with Gasteiger partial charge in [-0.3, -0.25) is 34.1 Å². The van der Waals surface area contributed by atoms with Crippen LogP contribution in [0.25, 0.3) is 0 Å². The number of carbonyl (C=O) groups excluding carboxylic acids is 4. The first-order valence-corrected chi connectivity index (χ1v) is 11.3. The van der Waals surface area contributed by atoms with E-state index >= 15 is 0 Å². The van der Waals surface area contributed by atoms with Crippen LogP contribution in [-0.2, 0) is 26.0 Å². The number of hydrogen-bond acceptors (Lipinski definition) is 6. The Labute approximate surface area is 182 Å². The number of nitrogens with one attached hydrogen (secondary N) is 2. The van der Waals surface area contributed by atoms with Crippen molar-refractivity contribution >= 4 is 39.3 Å². The average Bonchev–Trinajstić information content (AvgIpc) is 2.98. The van der Waals surface area contributed by atoms with E-state index in [2.05, 4.69) is 10.0 Å². The van der Waals surface area contributed by atoms with Gasteiger partial charge in [0.2, 0.25) is 11.8 Å². The van der Waals surface area contributed by atoms with E-state index in [0.717, 1.165) is 17.0 Å². The third kappa shape index (κ3) is 3.64. The van der Waals surface area contributed by atoms with Crippen LogP contribution in [-0.4, -0.2) is 43.0 Å². The van der Waals surface area contributed by atoms with E-state index in [1.165, 1.54) is 24.3 Å².